The third kappa shape index (κ3) is 4.74. The first-order valence-corrected chi connectivity index (χ1v) is 12.9. The smallest absolute Gasteiger partial charge is 0.281 e. The number of amides is 2. The topological polar surface area (TPSA) is 95.4 Å². The number of nitrogens with one attached hydrogen (secondary N) is 1. The molecule has 1 saturated carbocycles. The van der Waals surface area contributed by atoms with E-state index < -0.39 is 29.5 Å². The van der Waals surface area contributed by atoms with Crippen LogP contribution in [0, 0.1) is 5.92 Å². The van der Waals surface area contributed by atoms with Gasteiger partial charge in [-0.05, 0) is 55.9 Å². The number of benzene rings is 1. The Kier molecular flexibility index (Phi) is 7.35. The summed E-state index contributed by atoms with van der Waals surface area (Å²) < 4.78 is 26.6. The van der Waals surface area contributed by atoms with Gasteiger partial charge in [0.2, 0.25) is 5.60 Å². The Hall–Kier alpha value is -3.14. The molecule has 38 heavy (non-hydrogen) atoms. The van der Waals surface area contributed by atoms with E-state index in [4.69, 9.17) is 23.2 Å². The molecule has 1 unspecified atom stereocenters. The van der Waals surface area contributed by atoms with Crippen LogP contribution >= 0.6 is 23.2 Å². The average molecular weight is 561 g/mol. The maximum absolute atomic E-state index is 13.6. The van der Waals surface area contributed by atoms with Crippen molar-refractivity contribution in [1.29, 1.82) is 0 Å². The Balaban J connectivity index is 1.27. The number of halogens is 4. The number of hydrogen-bond donors (Lipinski definition) is 2. The van der Waals surface area contributed by atoms with Gasteiger partial charge in [0, 0.05) is 30.5 Å². The molecule has 2 aromatic heterocycles. The first-order valence-electron chi connectivity index (χ1n) is 12.2. The molecule has 7 nitrogen and oxygen atoms in total. The summed E-state index contributed by atoms with van der Waals surface area (Å²) in [5.74, 6) is -1.05. The Morgan fingerprint density at radius 3 is 2.58 bits per heavy atom. The highest BCUT2D eigenvalue weighted by atomic mass is 35.5. The van der Waals surface area contributed by atoms with Crippen LogP contribution in [0.4, 0.5) is 14.5 Å². The van der Waals surface area contributed by atoms with Gasteiger partial charge in [0.15, 0.2) is 0 Å². The molecule has 5 rings (SSSR count). The van der Waals surface area contributed by atoms with E-state index >= 15 is 0 Å². The van der Waals surface area contributed by atoms with Crippen molar-refractivity contribution < 1.29 is 23.5 Å². The zero-order chi connectivity index (χ0) is 27.0. The summed E-state index contributed by atoms with van der Waals surface area (Å²) >= 11 is 12.2. The van der Waals surface area contributed by atoms with Gasteiger partial charge >= 0.3 is 0 Å². The van der Waals surface area contributed by atoms with Crippen LogP contribution in [0.5, 0.6) is 0 Å². The normalized spacial score (nSPS) is 23.0. The van der Waals surface area contributed by atoms with E-state index in [1.165, 1.54) is 12.3 Å². The highest BCUT2D eigenvalue weighted by molar-refractivity contribution is 6.32. The van der Waals surface area contributed by atoms with Crippen LogP contribution in [0.15, 0.2) is 54.9 Å². The van der Waals surface area contributed by atoms with Gasteiger partial charge in [-0.3, -0.25) is 19.6 Å². The second-order valence-electron chi connectivity index (χ2n) is 9.56. The second kappa shape index (κ2) is 10.6. The number of fused-ring (bicyclic) bond motifs is 1. The maximum Gasteiger partial charge on any atom is 0.281 e. The molecule has 3 aromatic rings. The largest absolute Gasteiger partial charge is 0.370 e. The van der Waals surface area contributed by atoms with Crippen LogP contribution in [-0.2, 0) is 10.4 Å². The second-order valence-corrected chi connectivity index (χ2v) is 10.4. The first-order chi connectivity index (χ1) is 18.2. The maximum atomic E-state index is 13.6. The van der Waals surface area contributed by atoms with Crippen molar-refractivity contribution >= 4 is 40.7 Å². The summed E-state index contributed by atoms with van der Waals surface area (Å²) in [5.41, 5.74) is -1.71. The molecule has 2 amide bonds. The predicted octanol–water partition coefficient (Wildman–Crippen LogP) is 5.29. The molecule has 198 valence electrons. The van der Waals surface area contributed by atoms with E-state index in [0.717, 1.165) is 6.20 Å². The quantitative estimate of drug-likeness (QED) is 0.427. The minimum Gasteiger partial charge on any atom is -0.370 e. The van der Waals surface area contributed by atoms with E-state index in [1.807, 2.05) is 0 Å². The van der Waals surface area contributed by atoms with Crippen molar-refractivity contribution in [3.05, 3.63) is 87.4 Å². The lowest BCUT2D eigenvalue weighted by Crippen LogP contribution is -2.45. The monoisotopic (exact) mass is 560 g/mol. The molecule has 3 heterocycles. The molecule has 11 heteroatoms. The summed E-state index contributed by atoms with van der Waals surface area (Å²) in [6, 6.07) is 11.2. The van der Waals surface area contributed by atoms with Gasteiger partial charge in [0.05, 0.1) is 21.3 Å². The van der Waals surface area contributed by atoms with Gasteiger partial charge in [0.1, 0.15) is 11.4 Å². The van der Waals surface area contributed by atoms with Crippen molar-refractivity contribution in [2.45, 2.75) is 43.8 Å². The number of anilines is 1. The van der Waals surface area contributed by atoms with Gasteiger partial charge in [-0.2, -0.15) is 0 Å². The lowest BCUT2D eigenvalue weighted by molar-refractivity contribution is -0.132. The number of pyridine rings is 2. The summed E-state index contributed by atoms with van der Waals surface area (Å²) in [5, 5.41) is 14.8. The molecule has 2 N–H and O–H groups in total. The Morgan fingerprint density at radius 1 is 1.13 bits per heavy atom. The third-order valence-corrected chi connectivity index (χ3v) is 7.71. The average Bonchev–Trinajstić information content (AvgIpc) is 3.12. The number of carbonyl (C=O) groups excluding carboxylic acids is 2. The lowest BCUT2D eigenvalue weighted by Gasteiger charge is -2.32. The van der Waals surface area contributed by atoms with Crippen LogP contribution < -0.4 is 10.2 Å². The Bertz CT molecular complexity index is 1380. The summed E-state index contributed by atoms with van der Waals surface area (Å²) in [6.45, 7) is 0.372. The minimum atomic E-state index is -2.90. The molecule has 2 aliphatic rings. The Labute approximate surface area is 227 Å². The van der Waals surface area contributed by atoms with E-state index in [-0.39, 0.29) is 33.3 Å². The Morgan fingerprint density at radius 2 is 1.87 bits per heavy atom. The van der Waals surface area contributed by atoms with E-state index in [9.17, 15) is 23.5 Å². The van der Waals surface area contributed by atoms with E-state index in [0.29, 0.717) is 43.5 Å². The molecular weight excluding hydrogens is 537 g/mol. The molecule has 0 bridgehead atoms. The van der Waals surface area contributed by atoms with Crippen LogP contribution in [0.2, 0.25) is 10.0 Å². The number of carbonyl (C=O) groups is 2. The van der Waals surface area contributed by atoms with Crippen LogP contribution in [-0.4, -0.2) is 39.5 Å². The molecule has 1 aliphatic carbocycles. The predicted molar refractivity (Wildman–Crippen MR) is 138 cm³/mol. The van der Waals surface area contributed by atoms with Crippen molar-refractivity contribution in [1.82, 2.24) is 15.3 Å². The molecule has 0 saturated heterocycles. The van der Waals surface area contributed by atoms with Gasteiger partial charge in [-0.1, -0.05) is 41.4 Å². The summed E-state index contributed by atoms with van der Waals surface area (Å²) in [4.78, 5) is 35.8. The fraction of sp³-hybridized carbons (Fsp3) is 0.333. The number of alkyl halides is 2. The SMILES string of the molecule is O=C(NC1CCC(CN2C(=O)C(O)(c3ncccc3Cl)c3ccccc32)CC1)c1cc(Cl)cnc1C(F)F. The number of para-hydroxylation sites is 1. The number of aliphatic hydroxyl groups is 1. The van der Waals surface area contributed by atoms with Crippen LogP contribution in [0.1, 0.15) is 59.4 Å². The standard InChI is InChI=1S/C27H24Cl2F2N4O3/c28-16-12-18(22(24(30)31)33-13-16)25(36)34-17-9-7-15(8-10-17)14-35-21-6-2-1-4-19(21)27(38,26(35)37)23-20(29)5-3-11-32-23/h1-6,11-13,15,17,24,38H,7-10,14H2,(H,34,36). The minimum absolute atomic E-state index is 0.0895. The highest BCUT2D eigenvalue weighted by Gasteiger charge is 2.53. The number of aromatic nitrogens is 2. The third-order valence-electron chi connectivity index (χ3n) is 7.20. The zero-order valence-corrected chi connectivity index (χ0v) is 21.6. The van der Waals surface area contributed by atoms with Gasteiger partial charge < -0.3 is 15.3 Å². The number of rotatable bonds is 6. The van der Waals surface area contributed by atoms with Crippen molar-refractivity contribution in [3.63, 3.8) is 0 Å². The summed E-state index contributed by atoms with van der Waals surface area (Å²) in [7, 11) is 0. The first kappa shape index (κ1) is 26.5. The van der Waals surface area contributed by atoms with Crippen molar-refractivity contribution in [3.8, 4) is 0 Å². The van der Waals surface area contributed by atoms with Gasteiger partial charge in [0.25, 0.3) is 18.2 Å². The van der Waals surface area contributed by atoms with Crippen LogP contribution in [0.3, 0.4) is 0 Å². The number of hydrogen-bond acceptors (Lipinski definition) is 5. The van der Waals surface area contributed by atoms with Gasteiger partial charge in [-0.25, -0.2) is 8.78 Å². The molecule has 1 aromatic carbocycles. The molecule has 1 aliphatic heterocycles. The molecule has 0 radical (unpaired) electrons. The lowest BCUT2D eigenvalue weighted by atomic mass is 9.85. The fourth-order valence-corrected chi connectivity index (χ4v) is 5.73. The molecule has 0 spiro atoms. The van der Waals surface area contributed by atoms with Crippen molar-refractivity contribution in [2.24, 2.45) is 5.92 Å². The van der Waals surface area contributed by atoms with E-state index in [2.05, 4.69) is 15.3 Å². The fourth-order valence-electron chi connectivity index (χ4n) is 5.31. The van der Waals surface area contributed by atoms with Crippen molar-refractivity contribution in [2.75, 3.05) is 11.4 Å². The molecule has 1 fully saturated rings. The van der Waals surface area contributed by atoms with Gasteiger partial charge in [-0.15, -0.1) is 0 Å². The van der Waals surface area contributed by atoms with E-state index in [1.54, 1.807) is 41.3 Å². The molecule has 1 atom stereocenters. The zero-order valence-electron chi connectivity index (χ0n) is 20.1. The van der Waals surface area contributed by atoms with Crippen LogP contribution in [0.25, 0.3) is 0 Å². The summed E-state index contributed by atoms with van der Waals surface area (Å²) in [6.07, 6.45) is 2.26. The highest BCUT2D eigenvalue weighted by Crippen LogP contribution is 2.46. The number of nitrogens with zero attached hydrogens (tertiary/aromatic N) is 3. The molecular formula is C27H24Cl2F2N4O3.